The van der Waals surface area contributed by atoms with Crippen molar-refractivity contribution in [2.24, 2.45) is 5.73 Å². The number of benzene rings is 1. The summed E-state index contributed by atoms with van der Waals surface area (Å²) in [5, 5.41) is 0. The SMILES string of the molecule is N[C@H](Cc1ccccc1)C(=O)N1CCCC1[P+](=O)O. The highest BCUT2D eigenvalue weighted by Gasteiger charge is 2.43. The number of hydrogen-bond acceptors (Lipinski definition) is 3. The lowest BCUT2D eigenvalue weighted by molar-refractivity contribution is -0.132. The number of nitrogens with zero attached hydrogens (tertiary/aromatic N) is 1. The highest BCUT2D eigenvalue weighted by Crippen LogP contribution is 2.34. The van der Waals surface area contributed by atoms with Gasteiger partial charge < -0.3 is 5.73 Å². The third-order valence-corrected chi connectivity index (χ3v) is 4.42. The average Bonchev–Trinajstić information content (AvgIpc) is 2.88. The van der Waals surface area contributed by atoms with Gasteiger partial charge in [0.15, 0.2) is 0 Å². The van der Waals surface area contributed by atoms with Gasteiger partial charge in [0.2, 0.25) is 5.91 Å². The number of rotatable bonds is 4. The molecule has 1 saturated heterocycles. The van der Waals surface area contributed by atoms with E-state index >= 15 is 0 Å². The van der Waals surface area contributed by atoms with Crippen LogP contribution in [0.2, 0.25) is 0 Å². The van der Waals surface area contributed by atoms with Gasteiger partial charge in [-0.3, -0.25) is 9.69 Å². The highest BCUT2D eigenvalue weighted by molar-refractivity contribution is 7.38. The van der Waals surface area contributed by atoms with Gasteiger partial charge in [-0.1, -0.05) is 30.3 Å². The molecule has 0 aliphatic carbocycles. The number of nitrogens with two attached hydrogens (primary N) is 1. The van der Waals surface area contributed by atoms with Crippen LogP contribution >= 0.6 is 8.03 Å². The van der Waals surface area contributed by atoms with Crippen molar-refractivity contribution < 1.29 is 14.3 Å². The molecule has 0 radical (unpaired) electrons. The molecule has 1 amide bonds. The Hall–Kier alpha value is -1.29. The molecule has 1 aliphatic heterocycles. The van der Waals surface area contributed by atoms with E-state index in [2.05, 4.69) is 0 Å². The molecule has 5 nitrogen and oxygen atoms in total. The molecular weight excluding hydrogens is 263 g/mol. The Morgan fingerprint density at radius 3 is 2.79 bits per heavy atom. The highest BCUT2D eigenvalue weighted by atomic mass is 31.1. The summed E-state index contributed by atoms with van der Waals surface area (Å²) >= 11 is 0. The molecule has 1 aliphatic rings. The van der Waals surface area contributed by atoms with Gasteiger partial charge in [0, 0.05) is 13.0 Å². The standard InChI is InChI=1S/C13H17N2O3P/c14-11(9-10-5-2-1-3-6-10)13(16)15-8-4-7-12(15)19(17)18/h1-3,5-6,11-12H,4,7-9,14H2/p+1/t11-,12?/m1/s1. The van der Waals surface area contributed by atoms with Crippen LogP contribution in [0.5, 0.6) is 0 Å². The molecule has 19 heavy (non-hydrogen) atoms. The molecule has 1 heterocycles. The van der Waals surface area contributed by atoms with E-state index in [0.717, 1.165) is 12.0 Å². The van der Waals surface area contributed by atoms with E-state index in [9.17, 15) is 14.3 Å². The summed E-state index contributed by atoms with van der Waals surface area (Å²) in [4.78, 5) is 22.9. The van der Waals surface area contributed by atoms with Crippen LogP contribution in [0, 0.1) is 0 Å². The third-order valence-electron chi connectivity index (χ3n) is 3.37. The second kappa shape index (κ2) is 6.24. The van der Waals surface area contributed by atoms with Gasteiger partial charge in [0.25, 0.3) is 5.78 Å². The Morgan fingerprint density at radius 1 is 1.47 bits per heavy atom. The van der Waals surface area contributed by atoms with Crippen LogP contribution in [0.1, 0.15) is 18.4 Å². The van der Waals surface area contributed by atoms with Gasteiger partial charge in [-0.2, -0.15) is 4.89 Å². The molecule has 2 unspecified atom stereocenters. The summed E-state index contributed by atoms with van der Waals surface area (Å²) in [5.41, 5.74) is 6.92. The third kappa shape index (κ3) is 3.38. The predicted octanol–water partition coefficient (Wildman–Crippen LogP) is 1.24. The number of amides is 1. The fraction of sp³-hybridized carbons (Fsp3) is 0.462. The summed E-state index contributed by atoms with van der Waals surface area (Å²) in [6.07, 6.45) is 1.79. The van der Waals surface area contributed by atoms with Crippen LogP contribution in [-0.2, 0) is 15.8 Å². The van der Waals surface area contributed by atoms with E-state index in [-0.39, 0.29) is 5.91 Å². The first-order chi connectivity index (χ1) is 9.09. The van der Waals surface area contributed by atoms with Crippen LogP contribution in [0.15, 0.2) is 30.3 Å². The van der Waals surface area contributed by atoms with Crippen LogP contribution in [0.25, 0.3) is 0 Å². The van der Waals surface area contributed by atoms with Crippen molar-refractivity contribution in [3.05, 3.63) is 35.9 Å². The molecule has 2 rings (SSSR count). The Labute approximate surface area is 113 Å². The molecule has 3 N–H and O–H groups in total. The smallest absolute Gasteiger partial charge is 0.320 e. The zero-order valence-electron chi connectivity index (χ0n) is 10.6. The lowest BCUT2D eigenvalue weighted by Crippen LogP contribution is -2.46. The first-order valence-electron chi connectivity index (χ1n) is 6.35. The topological polar surface area (TPSA) is 83.6 Å². The van der Waals surface area contributed by atoms with Crippen LogP contribution in [0.3, 0.4) is 0 Å². The van der Waals surface area contributed by atoms with Gasteiger partial charge in [0.05, 0.1) is 6.04 Å². The maximum absolute atomic E-state index is 12.2. The van der Waals surface area contributed by atoms with Crippen LogP contribution in [-0.4, -0.2) is 34.1 Å². The first kappa shape index (κ1) is 14.1. The molecule has 1 fully saturated rings. The largest absolute Gasteiger partial charge is 0.530 e. The maximum atomic E-state index is 12.2. The predicted molar refractivity (Wildman–Crippen MR) is 72.7 cm³/mol. The van der Waals surface area contributed by atoms with Gasteiger partial charge in [-0.05, 0) is 23.0 Å². The zero-order valence-corrected chi connectivity index (χ0v) is 11.5. The maximum Gasteiger partial charge on any atom is 0.530 e. The summed E-state index contributed by atoms with van der Waals surface area (Å²) < 4.78 is 11.2. The minimum Gasteiger partial charge on any atom is -0.320 e. The van der Waals surface area contributed by atoms with Crippen molar-refractivity contribution in [2.75, 3.05) is 6.54 Å². The Balaban J connectivity index is 2.01. The minimum atomic E-state index is -2.36. The van der Waals surface area contributed by atoms with Crippen molar-refractivity contribution >= 4 is 13.9 Å². The van der Waals surface area contributed by atoms with Crippen molar-refractivity contribution in [1.29, 1.82) is 0 Å². The number of likely N-dealkylation sites (tertiary alicyclic amines) is 1. The first-order valence-corrected chi connectivity index (χ1v) is 7.63. The van der Waals surface area contributed by atoms with Gasteiger partial charge in [0.1, 0.15) is 0 Å². The molecule has 0 bridgehead atoms. The second-order valence-corrected chi connectivity index (χ2v) is 5.95. The van der Waals surface area contributed by atoms with Gasteiger partial charge >= 0.3 is 8.03 Å². The van der Waals surface area contributed by atoms with E-state index in [1.54, 1.807) is 0 Å². The van der Waals surface area contributed by atoms with E-state index < -0.39 is 19.9 Å². The van der Waals surface area contributed by atoms with E-state index in [4.69, 9.17) is 5.73 Å². The monoisotopic (exact) mass is 281 g/mol. The summed E-state index contributed by atoms with van der Waals surface area (Å²) in [6.45, 7) is 0.521. The average molecular weight is 281 g/mol. The molecule has 1 aromatic carbocycles. The number of carbonyl (C=O) groups is 1. The normalized spacial score (nSPS) is 21.3. The van der Waals surface area contributed by atoms with Crippen LogP contribution in [0.4, 0.5) is 0 Å². The van der Waals surface area contributed by atoms with E-state index in [1.165, 1.54) is 4.90 Å². The molecule has 0 saturated carbocycles. The van der Waals surface area contributed by atoms with Gasteiger partial charge in [-0.15, -0.1) is 0 Å². The summed E-state index contributed by atoms with van der Waals surface area (Å²) in [6, 6.07) is 8.88. The Bertz CT molecular complexity index is 466. The fourth-order valence-electron chi connectivity index (χ4n) is 2.40. The van der Waals surface area contributed by atoms with Crippen molar-refractivity contribution in [3.63, 3.8) is 0 Å². The molecule has 1 aromatic rings. The Morgan fingerprint density at radius 2 is 2.16 bits per heavy atom. The lowest BCUT2D eigenvalue weighted by Gasteiger charge is -2.21. The quantitative estimate of drug-likeness (QED) is 0.813. The molecular formula is C13H18N2O3P+. The van der Waals surface area contributed by atoms with Crippen molar-refractivity contribution in [2.45, 2.75) is 31.1 Å². The van der Waals surface area contributed by atoms with Crippen molar-refractivity contribution in [3.8, 4) is 0 Å². The summed E-state index contributed by atoms with van der Waals surface area (Å²) in [5.74, 6) is -0.798. The second-order valence-electron chi connectivity index (χ2n) is 4.75. The molecule has 6 heteroatoms. The zero-order chi connectivity index (χ0) is 13.8. The molecule has 102 valence electrons. The molecule has 0 aromatic heterocycles. The van der Waals surface area contributed by atoms with E-state index in [0.29, 0.717) is 19.4 Å². The van der Waals surface area contributed by atoms with Gasteiger partial charge in [-0.25, -0.2) is 0 Å². The van der Waals surface area contributed by atoms with Crippen molar-refractivity contribution in [1.82, 2.24) is 4.90 Å². The lowest BCUT2D eigenvalue weighted by atomic mass is 10.1. The van der Waals surface area contributed by atoms with Crippen LogP contribution < -0.4 is 5.73 Å². The minimum absolute atomic E-state index is 0.233. The molecule has 0 spiro atoms. The fourth-order valence-corrected chi connectivity index (χ4v) is 3.28. The molecule has 3 atom stereocenters. The van der Waals surface area contributed by atoms with E-state index in [1.807, 2.05) is 30.3 Å². The number of carbonyl (C=O) groups excluding carboxylic acids is 1. The Kier molecular flexibility index (Phi) is 4.64. The summed E-state index contributed by atoms with van der Waals surface area (Å²) in [7, 11) is -2.36. The number of hydrogen-bond donors (Lipinski definition) is 2.